The van der Waals surface area contributed by atoms with Crippen molar-refractivity contribution in [1.82, 2.24) is 4.90 Å². The van der Waals surface area contributed by atoms with Gasteiger partial charge in [-0.1, -0.05) is 30.0 Å². The number of thioether (sulfide) groups is 1. The molecule has 122 valence electrons. The maximum absolute atomic E-state index is 11.9. The topological polar surface area (TPSA) is 62.1 Å². The molecule has 0 aliphatic carbocycles. The van der Waals surface area contributed by atoms with E-state index in [1.165, 1.54) is 0 Å². The molecule has 2 heterocycles. The summed E-state index contributed by atoms with van der Waals surface area (Å²) in [7, 11) is 1.61. The lowest BCUT2D eigenvalue weighted by Gasteiger charge is -2.44. The van der Waals surface area contributed by atoms with E-state index in [-0.39, 0.29) is 12.1 Å². The van der Waals surface area contributed by atoms with Crippen molar-refractivity contribution in [3.63, 3.8) is 0 Å². The van der Waals surface area contributed by atoms with Gasteiger partial charge < -0.3 is 14.7 Å². The summed E-state index contributed by atoms with van der Waals surface area (Å²) in [5, 5.41) is 10.7. The Balaban J connectivity index is 2.20. The summed E-state index contributed by atoms with van der Waals surface area (Å²) in [4.78, 5) is 18.6. The Hall–Kier alpha value is -1.95. The van der Waals surface area contributed by atoms with Gasteiger partial charge >= 0.3 is 5.97 Å². The van der Waals surface area contributed by atoms with Crippen LogP contribution in [0.15, 0.2) is 40.5 Å². The van der Waals surface area contributed by atoms with E-state index in [1.54, 1.807) is 25.8 Å². The molecule has 0 amide bonds. The molecule has 1 aromatic rings. The van der Waals surface area contributed by atoms with Gasteiger partial charge in [-0.05, 0) is 26.3 Å². The van der Waals surface area contributed by atoms with Crippen molar-refractivity contribution in [3.05, 3.63) is 41.1 Å². The normalized spacial score (nSPS) is 24.1. The van der Waals surface area contributed by atoms with Gasteiger partial charge in [0.15, 0.2) is 5.17 Å². The van der Waals surface area contributed by atoms with E-state index in [2.05, 4.69) is 16.8 Å². The molecule has 1 N–H and O–H groups in total. The fraction of sp³-hybridized carbons (Fsp3) is 0.412. The van der Waals surface area contributed by atoms with Crippen molar-refractivity contribution >= 4 is 22.9 Å². The van der Waals surface area contributed by atoms with Gasteiger partial charge in [0.1, 0.15) is 5.75 Å². The van der Waals surface area contributed by atoms with Gasteiger partial charge in [-0.25, -0.2) is 9.79 Å². The second-order valence-electron chi connectivity index (χ2n) is 5.74. The van der Waals surface area contributed by atoms with Crippen molar-refractivity contribution < 1.29 is 14.6 Å². The number of allylic oxidation sites excluding steroid dienone is 1. The van der Waals surface area contributed by atoms with Crippen LogP contribution >= 0.6 is 11.8 Å². The molecule has 2 atom stereocenters. The second kappa shape index (κ2) is 6.28. The van der Waals surface area contributed by atoms with Gasteiger partial charge in [-0.2, -0.15) is 0 Å². The van der Waals surface area contributed by atoms with Crippen LogP contribution in [0, 0.1) is 0 Å². The van der Waals surface area contributed by atoms with E-state index >= 15 is 0 Å². The van der Waals surface area contributed by atoms with Crippen molar-refractivity contribution in [1.29, 1.82) is 0 Å². The van der Waals surface area contributed by atoms with Crippen molar-refractivity contribution in [2.24, 2.45) is 4.99 Å². The number of benzene rings is 1. The average molecular weight is 332 g/mol. The third-order valence-electron chi connectivity index (χ3n) is 4.33. The molecule has 5 nitrogen and oxygen atoms in total. The van der Waals surface area contributed by atoms with Crippen molar-refractivity contribution in [2.45, 2.75) is 32.4 Å². The zero-order valence-electron chi connectivity index (χ0n) is 13.4. The first kappa shape index (κ1) is 15.9. The maximum Gasteiger partial charge on any atom is 0.335 e. The number of methoxy groups -OCH3 is 1. The zero-order chi connectivity index (χ0) is 16.6. The molecule has 2 unspecified atom stereocenters. The molecule has 2 aliphatic heterocycles. The number of nitrogens with zero attached hydrogens (tertiary/aromatic N) is 2. The largest absolute Gasteiger partial charge is 0.496 e. The van der Waals surface area contributed by atoms with Crippen LogP contribution < -0.4 is 4.74 Å². The fourth-order valence-corrected chi connectivity index (χ4v) is 4.47. The Morgan fingerprint density at radius 1 is 1.43 bits per heavy atom. The Kier molecular flexibility index (Phi) is 4.35. The zero-order valence-corrected chi connectivity index (χ0v) is 14.3. The second-order valence-corrected chi connectivity index (χ2v) is 6.80. The number of aliphatic imine (C=N–C) groups is 1. The number of hydrogen-bond acceptors (Lipinski definition) is 5. The molecule has 6 heteroatoms. The van der Waals surface area contributed by atoms with Gasteiger partial charge in [-0.15, -0.1) is 0 Å². The van der Waals surface area contributed by atoms with E-state index in [9.17, 15) is 9.90 Å². The van der Waals surface area contributed by atoms with E-state index in [4.69, 9.17) is 4.74 Å². The highest BCUT2D eigenvalue weighted by molar-refractivity contribution is 8.13. The molecular weight excluding hydrogens is 312 g/mol. The summed E-state index contributed by atoms with van der Waals surface area (Å²) in [6, 6.07) is 7.48. The monoisotopic (exact) mass is 332 g/mol. The highest BCUT2D eigenvalue weighted by Gasteiger charge is 2.41. The van der Waals surface area contributed by atoms with Gasteiger partial charge in [-0.3, -0.25) is 0 Å². The molecule has 2 aliphatic rings. The lowest BCUT2D eigenvalue weighted by Crippen LogP contribution is -2.47. The van der Waals surface area contributed by atoms with Crippen LogP contribution in [0.25, 0.3) is 0 Å². The van der Waals surface area contributed by atoms with Gasteiger partial charge in [0, 0.05) is 17.4 Å². The number of fused-ring (bicyclic) bond motifs is 1. The van der Waals surface area contributed by atoms with Crippen LogP contribution in [0.4, 0.5) is 0 Å². The lowest BCUT2D eigenvalue weighted by atomic mass is 9.92. The highest BCUT2D eigenvalue weighted by Crippen LogP contribution is 2.44. The molecule has 1 saturated heterocycles. The maximum atomic E-state index is 11.9. The van der Waals surface area contributed by atoms with Gasteiger partial charge in [0.05, 0.1) is 24.4 Å². The van der Waals surface area contributed by atoms with Crippen LogP contribution in [0.5, 0.6) is 5.75 Å². The smallest absolute Gasteiger partial charge is 0.335 e. The molecule has 3 rings (SSSR count). The summed E-state index contributed by atoms with van der Waals surface area (Å²) in [5.74, 6) is 0.780. The number of aliphatic carboxylic acids is 1. The number of hydrogen-bond donors (Lipinski definition) is 1. The Morgan fingerprint density at radius 3 is 2.87 bits per heavy atom. The predicted molar refractivity (Wildman–Crippen MR) is 91.9 cm³/mol. The van der Waals surface area contributed by atoms with E-state index in [0.717, 1.165) is 22.9 Å². The predicted octanol–water partition coefficient (Wildman–Crippen LogP) is 3.29. The molecule has 23 heavy (non-hydrogen) atoms. The number of para-hydroxylation sites is 1. The Bertz CT molecular complexity index is 699. The van der Waals surface area contributed by atoms with Crippen LogP contribution in [0.1, 0.15) is 31.9 Å². The standard InChI is InChI=1S/C17H20N2O3S/c1-10-8-9-23-17-18-11(2)14(16(20)21)15(19(10)17)12-6-4-5-7-13(12)22-3/h4-7,10,15H,8-9H2,1-3H3,(H,20,21). The molecule has 0 bridgehead atoms. The SMILES string of the molecule is COc1ccccc1C1C(C(=O)O)=C(C)N=C2SCCC(C)N21. The third-order valence-corrected chi connectivity index (χ3v) is 5.33. The molecular formula is C17H20N2O3S. The number of carbonyl (C=O) groups is 1. The van der Waals surface area contributed by atoms with E-state index in [0.29, 0.717) is 17.0 Å². The molecule has 0 saturated carbocycles. The number of rotatable bonds is 3. The minimum absolute atomic E-state index is 0.229. The number of amidine groups is 1. The van der Waals surface area contributed by atoms with Crippen LogP contribution in [0.2, 0.25) is 0 Å². The van der Waals surface area contributed by atoms with Crippen molar-refractivity contribution in [2.75, 3.05) is 12.9 Å². The quantitative estimate of drug-likeness (QED) is 0.920. The molecule has 0 aromatic heterocycles. The number of carboxylic acid groups (broad SMARTS) is 1. The Morgan fingerprint density at radius 2 is 2.17 bits per heavy atom. The minimum Gasteiger partial charge on any atom is -0.496 e. The summed E-state index contributed by atoms with van der Waals surface area (Å²) < 4.78 is 5.49. The molecule has 0 spiro atoms. The van der Waals surface area contributed by atoms with Gasteiger partial charge in [0.2, 0.25) is 0 Å². The molecule has 1 fully saturated rings. The third kappa shape index (κ3) is 2.72. The highest BCUT2D eigenvalue weighted by atomic mass is 32.2. The lowest BCUT2D eigenvalue weighted by molar-refractivity contribution is -0.133. The summed E-state index contributed by atoms with van der Waals surface area (Å²) in [6.45, 7) is 3.90. The summed E-state index contributed by atoms with van der Waals surface area (Å²) >= 11 is 1.69. The Labute approximate surface area is 140 Å². The molecule has 0 radical (unpaired) electrons. The van der Waals surface area contributed by atoms with Crippen LogP contribution in [-0.4, -0.2) is 40.0 Å². The van der Waals surface area contributed by atoms with Crippen LogP contribution in [-0.2, 0) is 4.79 Å². The molecule has 1 aromatic carbocycles. The fourth-order valence-electron chi connectivity index (χ4n) is 3.19. The van der Waals surface area contributed by atoms with Crippen LogP contribution in [0.3, 0.4) is 0 Å². The summed E-state index contributed by atoms with van der Waals surface area (Å²) in [6.07, 6.45) is 1.00. The van der Waals surface area contributed by atoms with E-state index in [1.807, 2.05) is 24.3 Å². The number of carboxylic acids is 1. The van der Waals surface area contributed by atoms with Crippen molar-refractivity contribution in [3.8, 4) is 5.75 Å². The summed E-state index contributed by atoms with van der Waals surface area (Å²) in [5.41, 5.74) is 1.77. The minimum atomic E-state index is -0.927. The first-order valence-corrected chi connectivity index (χ1v) is 8.60. The first-order valence-electron chi connectivity index (χ1n) is 7.61. The average Bonchev–Trinajstić information content (AvgIpc) is 2.53. The number of ether oxygens (including phenoxy) is 1. The first-order chi connectivity index (χ1) is 11.0. The van der Waals surface area contributed by atoms with Gasteiger partial charge in [0.25, 0.3) is 0 Å². The van der Waals surface area contributed by atoms with E-state index < -0.39 is 5.97 Å².